The van der Waals surface area contributed by atoms with Gasteiger partial charge in [-0.15, -0.1) is 0 Å². The molecule has 1 aromatic heterocycles. The van der Waals surface area contributed by atoms with E-state index in [0.717, 1.165) is 42.1 Å². The molecule has 0 saturated heterocycles. The molecule has 0 radical (unpaired) electrons. The Balaban J connectivity index is 1.71. The molecule has 5 heteroatoms. The highest BCUT2D eigenvalue weighted by Crippen LogP contribution is 2.22. The number of hydrogen-bond acceptors (Lipinski definition) is 3. The van der Waals surface area contributed by atoms with Crippen LogP contribution in [0.4, 0.5) is 0 Å². The van der Waals surface area contributed by atoms with Crippen LogP contribution in [-0.4, -0.2) is 40.9 Å². The summed E-state index contributed by atoms with van der Waals surface area (Å²) in [5, 5.41) is 8.58. The molecule has 1 aliphatic carbocycles. The average Bonchev–Trinajstić information content (AvgIpc) is 2.98. The van der Waals surface area contributed by atoms with E-state index in [9.17, 15) is 0 Å². The summed E-state index contributed by atoms with van der Waals surface area (Å²) in [6, 6.07) is 0.796. The fourth-order valence-electron chi connectivity index (χ4n) is 2.86. The third-order valence-corrected chi connectivity index (χ3v) is 4.64. The Labute approximate surface area is 121 Å². The number of aromatic nitrogens is 2. The van der Waals surface area contributed by atoms with Crippen molar-refractivity contribution >= 4 is 11.6 Å². The standard InChI is InChI=1S/C14H25ClN4/c1-11-14(15)13(19(3)17-11)10-16-8-9-18(2)12-6-4-5-7-12/h12,16H,4-10H2,1-3H3. The Morgan fingerprint density at radius 2 is 2.11 bits per heavy atom. The molecule has 2 rings (SSSR count). The monoisotopic (exact) mass is 284 g/mol. The first-order valence-corrected chi connectivity index (χ1v) is 7.56. The molecule has 0 bridgehead atoms. The maximum atomic E-state index is 6.23. The largest absolute Gasteiger partial charge is 0.310 e. The second-order valence-electron chi connectivity index (χ2n) is 5.57. The molecule has 0 atom stereocenters. The fourth-order valence-corrected chi connectivity index (χ4v) is 3.09. The quantitative estimate of drug-likeness (QED) is 0.814. The van der Waals surface area contributed by atoms with E-state index in [1.807, 2.05) is 18.7 Å². The van der Waals surface area contributed by atoms with Gasteiger partial charge in [-0.1, -0.05) is 24.4 Å². The molecule has 4 nitrogen and oxygen atoms in total. The summed E-state index contributed by atoms with van der Waals surface area (Å²) < 4.78 is 1.87. The second kappa shape index (κ2) is 6.73. The van der Waals surface area contributed by atoms with Crippen molar-refractivity contribution in [1.29, 1.82) is 0 Å². The topological polar surface area (TPSA) is 33.1 Å². The number of hydrogen-bond donors (Lipinski definition) is 1. The van der Waals surface area contributed by atoms with Gasteiger partial charge in [0.1, 0.15) is 0 Å². The molecule has 0 unspecified atom stereocenters. The van der Waals surface area contributed by atoms with E-state index in [1.54, 1.807) is 0 Å². The van der Waals surface area contributed by atoms with Gasteiger partial charge in [0.15, 0.2) is 0 Å². The van der Waals surface area contributed by atoms with Gasteiger partial charge < -0.3 is 10.2 Å². The molecule has 0 aliphatic heterocycles. The molecule has 0 aromatic carbocycles. The van der Waals surface area contributed by atoms with Gasteiger partial charge in [-0.3, -0.25) is 4.68 Å². The zero-order chi connectivity index (χ0) is 13.8. The summed E-state index contributed by atoms with van der Waals surface area (Å²) in [5.41, 5.74) is 1.98. The molecule has 1 aromatic rings. The third kappa shape index (κ3) is 3.71. The van der Waals surface area contributed by atoms with Crippen molar-refractivity contribution in [2.24, 2.45) is 7.05 Å². The first-order valence-electron chi connectivity index (χ1n) is 7.18. The van der Waals surface area contributed by atoms with E-state index < -0.39 is 0 Å². The van der Waals surface area contributed by atoms with Crippen molar-refractivity contribution in [2.75, 3.05) is 20.1 Å². The Bertz CT molecular complexity index is 410. The summed E-state index contributed by atoms with van der Waals surface area (Å²) in [4.78, 5) is 2.48. The number of halogens is 1. The molecule has 108 valence electrons. The number of nitrogens with one attached hydrogen (secondary N) is 1. The minimum atomic E-state index is 0.786. The summed E-state index contributed by atoms with van der Waals surface area (Å²) >= 11 is 6.23. The molecule has 1 fully saturated rings. The lowest BCUT2D eigenvalue weighted by atomic mass is 10.2. The normalized spacial score (nSPS) is 16.7. The van der Waals surface area contributed by atoms with Crippen LogP contribution in [0.1, 0.15) is 37.1 Å². The number of rotatable bonds is 6. The number of nitrogens with zero attached hydrogens (tertiary/aromatic N) is 3. The van der Waals surface area contributed by atoms with Crippen molar-refractivity contribution in [3.63, 3.8) is 0 Å². The lowest BCUT2D eigenvalue weighted by Crippen LogP contribution is -2.35. The average molecular weight is 285 g/mol. The Morgan fingerprint density at radius 3 is 2.68 bits per heavy atom. The lowest BCUT2D eigenvalue weighted by molar-refractivity contribution is 0.245. The van der Waals surface area contributed by atoms with Crippen LogP contribution in [0.25, 0.3) is 0 Å². The third-order valence-electron chi connectivity index (χ3n) is 4.14. The highest BCUT2D eigenvalue weighted by molar-refractivity contribution is 6.31. The molecule has 0 amide bonds. The van der Waals surface area contributed by atoms with Crippen LogP contribution in [0.15, 0.2) is 0 Å². The summed E-state index contributed by atoms with van der Waals surface area (Å²) in [6.45, 7) is 4.82. The van der Waals surface area contributed by atoms with E-state index >= 15 is 0 Å². The second-order valence-corrected chi connectivity index (χ2v) is 5.94. The van der Waals surface area contributed by atoms with E-state index in [-0.39, 0.29) is 0 Å². The van der Waals surface area contributed by atoms with Crippen LogP contribution in [0.3, 0.4) is 0 Å². The van der Waals surface area contributed by atoms with Crippen LogP contribution >= 0.6 is 11.6 Å². The molecular weight excluding hydrogens is 260 g/mol. The van der Waals surface area contributed by atoms with Gasteiger partial charge in [0.25, 0.3) is 0 Å². The maximum absolute atomic E-state index is 6.23. The van der Waals surface area contributed by atoms with Crippen molar-refractivity contribution in [2.45, 2.75) is 45.2 Å². The van der Waals surface area contributed by atoms with Gasteiger partial charge in [-0.25, -0.2) is 0 Å². The predicted octanol–water partition coefficient (Wildman–Crippen LogP) is 2.35. The van der Waals surface area contributed by atoms with Gasteiger partial charge in [-0.05, 0) is 26.8 Å². The number of aryl methyl sites for hydroxylation is 2. The summed E-state index contributed by atoms with van der Waals surface area (Å²) in [5.74, 6) is 0. The zero-order valence-corrected chi connectivity index (χ0v) is 13.0. The first-order chi connectivity index (χ1) is 9.09. The van der Waals surface area contributed by atoms with Crippen LogP contribution in [0, 0.1) is 6.92 Å². The van der Waals surface area contributed by atoms with Gasteiger partial charge in [0.05, 0.1) is 16.4 Å². The van der Waals surface area contributed by atoms with E-state index in [0.29, 0.717) is 0 Å². The fraction of sp³-hybridized carbons (Fsp3) is 0.786. The summed E-state index contributed by atoms with van der Waals surface area (Å²) in [6.07, 6.45) is 5.52. The predicted molar refractivity (Wildman–Crippen MR) is 79.5 cm³/mol. The smallest absolute Gasteiger partial charge is 0.0860 e. The van der Waals surface area contributed by atoms with Gasteiger partial charge in [0, 0.05) is 32.7 Å². The first kappa shape index (κ1) is 14.8. The Morgan fingerprint density at radius 1 is 1.42 bits per heavy atom. The molecule has 1 heterocycles. The van der Waals surface area contributed by atoms with Gasteiger partial charge in [-0.2, -0.15) is 5.10 Å². The minimum absolute atomic E-state index is 0.786. The van der Waals surface area contributed by atoms with Crippen LogP contribution in [-0.2, 0) is 13.6 Å². The molecule has 1 N–H and O–H groups in total. The van der Waals surface area contributed by atoms with Crippen LogP contribution in [0.2, 0.25) is 5.02 Å². The molecule has 0 spiro atoms. The highest BCUT2D eigenvalue weighted by Gasteiger charge is 2.18. The molecular formula is C14H25ClN4. The van der Waals surface area contributed by atoms with Crippen molar-refractivity contribution in [3.05, 3.63) is 16.4 Å². The SMILES string of the molecule is Cc1nn(C)c(CNCCN(C)C2CCCC2)c1Cl. The van der Waals surface area contributed by atoms with Gasteiger partial charge >= 0.3 is 0 Å². The van der Waals surface area contributed by atoms with Crippen LogP contribution < -0.4 is 5.32 Å². The minimum Gasteiger partial charge on any atom is -0.310 e. The number of likely N-dealkylation sites (N-methyl/N-ethyl adjacent to an activating group) is 1. The van der Waals surface area contributed by atoms with E-state index in [2.05, 4.69) is 22.4 Å². The van der Waals surface area contributed by atoms with Crippen LogP contribution in [0.5, 0.6) is 0 Å². The highest BCUT2D eigenvalue weighted by atomic mass is 35.5. The zero-order valence-electron chi connectivity index (χ0n) is 12.2. The van der Waals surface area contributed by atoms with Gasteiger partial charge in [0.2, 0.25) is 0 Å². The van der Waals surface area contributed by atoms with Crippen molar-refractivity contribution in [3.8, 4) is 0 Å². The Kier molecular flexibility index (Phi) is 5.25. The van der Waals surface area contributed by atoms with Crippen molar-refractivity contribution < 1.29 is 0 Å². The maximum Gasteiger partial charge on any atom is 0.0860 e. The lowest BCUT2D eigenvalue weighted by Gasteiger charge is -2.23. The summed E-state index contributed by atoms with van der Waals surface area (Å²) in [7, 11) is 4.18. The Hall–Kier alpha value is -0.580. The molecule has 1 aliphatic rings. The molecule has 1 saturated carbocycles. The molecule has 19 heavy (non-hydrogen) atoms. The van der Waals surface area contributed by atoms with E-state index in [4.69, 9.17) is 11.6 Å². The van der Waals surface area contributed by atoms with Crippen molar-refractivity contribution in [1.82, 2.24) is 20.0 Å². The van der Waals surface area contributed by atoms with E-state index in [1.165, 1.54) is 25.7 Å².